The van der Waals surface area contributed by atoms with Crippen LogP contribution in [0.15, 0.2) is 35.6 Å². The lowest BCUT2D eigenvalue weighted by molar-refractivity contribution is 0.392. The van der Waals surface area contributed by atoms with E-state index in [-0.39, 0.29) is 29.4 Å². The fraction of sp³-hybridized carbons (Fsp3) is 0.550. The van der Waals surface area contributed by atoms with Gasteiger partial charge in [-0.2, -0.15) is 5.10 Å². The fourth-order valence-corrected chi connectivity index (χ4v) is 3.28. The monoisotopic (exact) mass is 498 g/mol. The molecule has 0 saturated heterocycles. The van der Waals surface area contributed by atoms with Crippen molar-refractivity contribution in [1.82, 2.24) is 25.4 Å². The number of hydrogen-bond acceptors (Lipinski definition) is 4. The molecule has 1 aromatic carbocycles. The van der Waals surface area contributed by atoms with Crippen LogP contribution in [0.4, 0.5) is 0 Å². The van der Waals surface area contributed by atoms with E-state index in [1.165, 1.54) is 5.56 Å². The Kier molecular flexibility index (Phi) is 8.09. The van der Waals surface area contributed by atoms with Gasteiger partial charge in [0.2, 0.25) is 0 Å². The Morgan fingerprint density at radius 3 is 2.96 bits per heavy atom. The molecule has 0 saturated carbocycles. The first kappa shape index (κ1) is 22.4. The molecule has 1 aliphatic rings. The molecule has 154 valence electrons. The van der Waals surface area contributed by atoms with E-state index in [0.717, 1.165) is 43.5 Å². The van der Waals surface area contributed by atoms with Gasteiger partial charge in [0.1, 0.15) is 17.9 Å². The van der Waals surface area contributed by atoms with Gasteiger partial charge in [-0.25, -0.2) is 9.67 Å². The molecule has 0 aliphatic carbocycles. The molecule has 0 radical (unpaired) electrons. The van der Waals surface area contributed by atoms with Crippen LogP contribution in [-0.4, -0.2) is 47.0 Å². The van der Waals surface area contributed by atoms with E-state index >= 15 is 0 Å². The maximum absolute atomic E-state index is 5.36. The Morgan fingerprint density at radius 1 is 1.39 bits per heavy atom. The Morgan fingerprint density at radius 2 is 2.21 bits per heavy atom. The molecule has 28 heavy (non-hydrogen) atoms. The van der Waals surface area contributed by atoms with Gasteiger partial charge in [-0.1, -0.05) is 26.0 Å². The van der Waals surface area contributed by atoms with Crippen molar-refractivity contribution in [1.29, 1.82) is 0 Å². The first-order valence-electron chi connectivity index (χ1n) is 9.58. The molecular weight excluding hydrogens is 467 g/mol. The standard InChI is InChI=1S/C20H30N6O.HI/c1-5-21-19(25-16-9-10-18-23-14-24-26(18)12-16)22-13-20(2,3)15-7-6-8-17(11-15)27-4;/h6-8,11,14,16H,5,9-10,12-13H2,1-4H3,(H2,21,22,25);1H. The van der Waals surface area contributed by atoms with Gasteiger partial charge in [-0.15, -0.1) is 24.0 Å². The van der Waals surface area contributed by atoms with Gasteiger partial charge >= 0.3 is 0 Å². The van der Waals surface area contributed by atoms with Gasteiger partial charge in [-0.05, 0) is 31.0 Å². The van der Waals surface area contributed by atoms with Gasteiger partial charge in [0.05, 0.1) is 20.2 Å². The highest BCUT2D eigenvalue weighted by atomic mass is 127. The molecule has 0 bridgehead atoms. The number of aliphatic imine (C=N–C) groups is 1. The molecule has 2 N–H and O–H groups in total. The third-order valence-corrected chi connectivity index (χ3v) is 4.97. The quantitative estimate of drug-likeness (QED) is 0.364. The van der Waals surface area contributed by atoms with Crippen molar-refractivity contribution in [2.24, 2.45) is 4.99 Å². The molecular formula is C20H31IN6O. The highest BCUT2D eigenvalue weighted by Gasteiger charge is 2.23. The third-order valence-electron chi connectivity index (χ3n) is 4.97. The summed E-state index contributed by atoms with van der Waals surface area (Å²) in [6, 6.07) is 8.52. The van der Waals surface area contributed by atoms with E-state index in [1.54, 1.807) is 13.4 Å². The van der Waals surface area contributed by atoms with Crippen LogP contribution in [0.2, 0.25) is 0 Å². The lowest BCUT2D eigenvalue weighted by atomic mass is 9.84. The van der Waals surface area contributed by atoms with Crippen LogP contribution in [0.5, 0.6) is 5.75 Å². The first-order valence-corrected chi connectivity index (χ1v) is 9.58. The van der Waals surface area contributed by atoms with Crippen molar-refractivity contribution >= 4 is 29.9 Å². The molecule has 1 unspecified atom stereocenters. The summed E-state index contributed by atoms with van der Waals surface area (Å²) in [4.78, 5) is 9.15. The van der Waals surface area contributed by atoms with Gasteiger partial charge in [0.25, 0.3) is 0 Å². The minimum atomic E-state index is -0.0947. The fourth-order valence-electron chi connectivity index (χ4n) is 3.28. The van der Waals surface area contributed by atoms with Gasteiger partial charge in [-0.3, -0.25) is 4.99 Å². The number of nitrogens with zero attached hydrogens (tertiary/aromatic N) is 4. The molecule has 1 aromatic heterocycles. The second-order valence-corrected chi connectivity index (χ2v) is 7.55. The molecule has 2 aromatic rings. The van der Waals surface area contributed by atoms with Gasteiger partial charge in [0, 0.05) is 24.4 Å². The number of aromatic nitrogens is 3. The molecule has 0 amide bonds. The van der Waals surface area contributed by atoms with Gasteiger partial charge in [0.15, 0.2) is 5.96 Å². The summed E-state index contributed by atoms with van der Waals surface area (Å²) in [6.45, 7) is 8.82. The largest absolute Gasteiger partial charge is 0.497 e. The number of halogens is 1. The van der Waals surface area contributed by atoms with Crippen LogP contribution in [-0.2, 0) is 18.4 Å². The molecule has 2 heterocycles. The van der Waals surface area contributed by atoms with Crippen LogP contribution in [0.1, 0.15) is 38.6 Å². The average molecular weight is 498 g/mol. The predicted molar refractivity (Wildman–Crippen MR) is 123 cm³/mol. The number of hydrogen-bond donors (Lipinski definition) is 2. The molecule has 1 atom stereocenters. The second-order valence-electron chi connectivity index (χ2n) is 7.55. The zero-order chi connectivity index (χ0) is 19.3. The minimum absolute atomic E-state index is 0. The number of fused-ring (bicyclic) bond motifs is 1. The van der Waals surface area contributed by atoms with Crippen molar-refractivity contribution in [3.05, 3.63) is 42.0 Å². The van der Waals surface area contributed by atoms with E-state index < -0.39 is 0 Å². The van der Waals surface area contributed by atoms with E-state index in [4.69, 9.17) is 9.73 Å². The normalized spacial score (nSPS) is 16.7. The zero-order valence-electron chi connectivity index (χ0n) is 17.1. The highest BCUT2D eigenvalue weighted by Crippen LogP contribution is 2.26. The van der Waals surface area contributed by atoms with Crippen LogP contribution < -0.4 is 15.4 Å². The number of methoxy groups -OCH3 is 1. The second kappa shape index (κ2) is 10.1. The third kappa shape index (κ3) is 5.59. The van der Waals surface area contributed by atoms with Crippen molar-refractivity contribution < 1.29 is 4.74 Å². The van der Waals surface area contributed by atoms with Crippen LogP contribution in [0.3, 0.4) is 0 Å². The Hall–Kier alpha value is -1.84. The van der Waals surface area contributed by atoms with Crippen molar-refractivity contribution in [3.8, 4) is 5.75 Å². The molecule has 0 spiro atoms. The number of nitrogens with one attached hydrogen (secondary N) is 2. The molecule has 3 rings (SSSR count). The SMILES string of the molecule is CCNC(=NCC(C)(C)c1cccc(OC)c1)NC1CCc2ncnn2C1.I. The summed E-state index contributed by atoms with van der Waals surface area (Å²) in [5, 5.41) is 11.2. The Bertz CT molecular complexity index is 789. The summed E-state index contributed by atoms with van der Waals surface area (Å²) < 4.78 is 7.34. The van der Waals surface area contributed by atoms with E-state index in [2.05, 4.69) is 53.6 Å². The topological polar surface area (TPSA) is 76.4 Å². The summed E-state index contributed by atoms with van der Waals surface area (Å²) in [5.74, 6) is 2.79. The molecule has 8 heteroatoms. The number of ether oxygens (including phenoxy) is 1. The van der Waals surface area contributed by atoms with E-state index in [9.17, 15) is 0 Å². The predicted octanol–water partition coefficient (Wildman–Crippen LogP) is 2.75. The Labute approximate surface area is 184 Å². The molecule has 7 nitrogen and oxygen atoms in total. The average Bonchev–Trinajstić information content (AvgIpc) is 3.14. The number of aryl methyl sites for hydroxylation is 1. The van der Waals surface area contributed by atoms with Gasteiger partial charge < -0.3 is 15.4 Å². The van der Waals surface area contributed by atoms with Crippen molar-refractivity contribution in [2.75, 3.05) is 20.2 Å². The first-order chi connectivity index (χ1) is 13.0. The number of rotatable bonds is 6. The van der Waals surface area contributed by atoms with Crippen molar-refractivity contribution in [2.45, 2.75) is 51.6 Å². The summed E-state index contributed by atoms with van der Waals surface area (Å²) in [5.41, 5.74) is 1.12. The summed E-state index contributed by atoms with van der Waals surface area (Å²) in [6.07, 6.45) is 3.60. The van der Waals surface area contributed by atoms with Crippen LogP contribution in [0.25, 0.3) is 0 Å². The molecule has 1 aliphatic heterocycles. The Balaban J connectivity index is 0.00000280. The smallest absolute Gasteiger partial charge is 0.191 e. The summed E-state index contributed by atoms with van der Waals surface area (Å²) >= 11 is 0. The zero-order valence-corrected chi connectivity index (χ0v) is 19.4. The van der Waals surface area contributed by atoms with E-state index in [1.807, 2.05) is 16.8 Å². The maximum atomic E-state index is 5.36. The van der Waals surface area contributed by atoms with Crippen LogP contribution >= 0.6 is 24.0 Å². The highest BCUT2D eigenvalue weighted by molar-refractivity contribution is 14.0. The number of guanidine groups is 1. The lowest BCUT2D eigenvalue weighted by Crippen LogP contribution is -2.47. The maximum Gasteiger partial charge on any atom is 0.191 e. The van der Waals surface area contributed by atoms with Crippen molar-refractivity contribution in [3.63, 3.8) is 0 Å². The number of benzene rings is 1. The lowest BCUT2D eigenvalue weighted by Gasteiger charge is -2.27. The summed E-state index contributed by atoms with van der Waals surface area (Å²) in [7, 11) is 1.70. The minimum Gasteiger partial charge on any atom is -0.497 e. The van der Waals surface area contributed by atoms with Crippen LogP contribution in [0, 0.1) is 0 Å². The molecule has 0 fully saturated rings. The van der Waals surface area contributed by atoms with E-state index in [0.29, 0.717) is 12.6 Å².